The van der Waals surface area contributed by atoms with Gasteiger partial charge in [-0.05, 0) is 142 Å². The van der Waals surface area contributed by atoms with Gasteiger partial charge in [0.05, 0.1) is 5.56 Å². The monoisotopic (exact) mass is 1000 g/mol. The standard InChI is InChI=1S/C68H59B3N2O4/c1-66(2,3)46-24-28-49(29-25-46)69-52-13-10-11-16-58(52)72-60-38-48(68(7,8)9)39-61-62(60)71(57-37-45(36-56(69)64(57)72)42-17-19-43(20-18-42)65(75)76)54-15-12-14-53-63(54)73(61)59-34-23-44(41-21-32-51(33-22-41)77-40-74)35-55(59)70(53)50-30-26-47(27-31-50)67(4,5)6/h10-40H,1-9H3,(H,75,76). The van der Waals surface area contributed by atoms with Crippen LogP contribution in [0.1, 0.15) is 89.4 Å². The van der Waals surface area contributed by atoms with E-state index in [1.165, 1.54) is 94.3 Å². The quantitative estimate of drug-likeness (QED) is 0.127. The number of fused-ring (bicyclic) bond motifs is 8. The summed E-state index contributed by atoms with van der Waals surface area (Å²) in [7, 11) is 0. The van der Waals surface area contributed by atoms with E-state index in [1.54, 1.807) is 12.1 Å². The lowest BCUT2D eigenvalue weighted by Crippen LogP contribution is -2.69. The van der Waals surface area contributed by atoms with Crippen molar-refractivity contribution in [1.29, 1.82) is 0 Å². The molecule has 13 rings (SSSR count). The van der Waals surface area contributed by atoms with Gasteiger partial charge in [0.2, 0.25) is 13.4 Å². The Balaban J connectivity index is 1.12. The van der Waals surface area contributed by atoms with Crippen molar-refractivity contribution in [2.75, 3.05) is 9.80 Å². The van der Waals surface area contributed by atoms with E-state index in [0.29, 0.717) is 12.2 Å². The molecule has 0 aromatic heterocycles. The number of benzene rings is 9. The highest BCUT2D eigenvalue weighted by Crippen LogP contribution is 2.48. The van der Waals surface area contributed by atoms with Crippen LogP contribution >= 0.6 is 0 Å². The van der Waals surface area contributed by atoms with E-state index in [4.69, 9.17) is 4.74 Å². The largest absolute Gasteiger partial charge is 0.478 e. The summed E-state index contributed by atoms with van der Waals surface area (Å²) in [5.74, 6) is -0.437. The minimum Gasteiger partial charge on any atom is -0.478 e. The SMILES string of the molecule is CC(C)(C)c1ccc(B2c3cc(-c4ccc(OC=O)cc4)ccc3N3c4cc(C(C)(C)C)cc5c4B(c4cccc2c43)c2cc(-c3ccc(C(=O)O)cc3)cc3c2N5c2ccccc2B3c2ccc(C(C)(C)C)cc2)cc1. The topological polar surface area (TPSA) is 70.1 Å². The molecule has 77 heavy (non-hydrogen) atoms. The summed E-state index contributed by atoms with van der Waals surface area (Å²) in [6, 6.07) is 66.5. The van der Waals surface area contributed by atoms with E-state index < -0.39 is 5.97 Å². The number of hydrogen-bond donors (Lipinski definition) is 1. The van der Waals surface area contributed by atoms with Crippen LogP contribution < -0.4 is 63.7 Å². The number of carbonyl (C=O) groups excluding carboxylic acids is 1. The fourth-order valence-electron chi connectivity index (χ4n) is 12.9. The zero-order valence-electron chi connectivity index (χ0n) is 45.2. The molecule has 4 aliphatic heterocycles. The highest BCUT2D eigenvalue weighted by atomic mass is 16.5. The van der Waals surface area contributed by atoms with Crippen molar-refractivity contribution in [3.05, 3.63) is 204 Å². The van der Waals surface area contributed by atoms with E-state index in [9.17, 15) is 14.7 Å². The van der Waals surface area contributed by atoms with Gasteiger partial charge in [-0.2, -0.15) is 0 Å². The molecule has 6 nitrogen and oxygen atoms in total. The van der Waals surface area contributed by atoms with Crippen molar-refractivity contribution in [1.82, 2.24) is 0 Å². The number of rotatable bonds is 7. The van der Waals surface area contributed by atoms with Crippen LogP contribution in [0.5, 0.6) is 5.75 Å². The summed E-state index contributed by atoms with van der Waals surface area (Å²) in [5.41, 5.74) is 26.2. The minimum absolute atomic E-state index is 0.00493. The lowest BCUT2D eigenvalue weighted by atomic mass is 9.28. The maximum absolute atomic E-state index is 12.2. The molecule has 0 saturated carbocycles. The molecule has 0 radical (unpaired) electrons. The Labute approximate surface area is 453 Å². The fraction of sp³-hybridized carbons (Fsp3) is 0.176. The van der Waals surface area contributed by atoms with Crippen molar-refractivity contribution in [3.8, 4) is 28.0 Å². The van der Waals surface area contributed by atoms with Crippen molar-refractivity contribution in [2.45, 2.75) is 78.6 Å². The third-order valence-corrected chi connectivity index (χ3v) is 16.9. The van der Waals surface area contributed by atoms with E-state index in [2.05, 4.69) is 206 Å². The van der Waals surface area contributed by atoms with Crippen LogP contribution in [-0.2, 0) is 21.0 Å². The molecule has 0 unspecified atom stereocenters. The first-order valence-electron chi connectivity index (χ1n) is 26.9. The van der Waals surface area contributed by atoms with Gasteiger partial charge in [0.25, 0.3) is 13.2 Å². The molecule has 4 heterocycles. The Hall–Kier alpha value is -8.29. The van der Waals surface area contributed by atoms with Gasteiger partial charge in [0.1, 0.15) is 5.75 Å². The van der Waals surface area contributed by atoms with Crippen LogP contribution in [0.2, 0.25) is 0 Å². The van der Waals surface area contributed by atoms with E-state index >= 15 is 0 Å². The number of carboxylic acid groups (broad SMARTS) is 1. The Morgan fingerprint density at radius 3 is 1.44 bits per heavy atom. The molecule has 0 atom stereocenters. The molecule has 0 amide bonds. The van der Waals surface area contributed by atoms with Gasteiger partial charge in [-0.15, -0.1) is 0 Å². The van der Waals surface area contributed by atoms with Crippen LogP contribution in [0, 0.1) is 0 Å². The van der Waals surface area contributed by atoms with Crippen molar-refractivity contribution < 1.29 is 19.4 Å². The highest BCUT2D eigenvalue weighted by Gasteiger charge is 2.51. The zero-order valence-corrected chi connectivity index (χ0v) is 45.2. The second kappa shape index (κ2) is 17.4. The second-order valence-electron chi connectivity index (χ2n) is 24.6. The number of ether oxygens (including phenoxy) is 1. The first kappa shape index (κ1) is 48.4. The predicted octanol–water partition coefficient (Wildman–Crippen LogP) is 9.89. The molecular weight excluding hydrogens is 941 g/mol. The van der Waals surface area contributed by atoms with Gasteiger partial charge in [-0.25, -0.2) is 4.79 Å². The van der Waals surface area contributed by atoms with Crippen LogP contribution in [0.3, 0.4) is 0 Å². The number of nitrogens with zero attached hydrogens (tertiary/aromatic N) is 2. The Kier molecular flexibility index (Phi) is 10.9. The molecule has 374 valence electrons. The molecule has 0 fully saturated rings. The van der Waals surface area contributed by atoms with Crippen LogP contribution in [-0.4, -0.2) is 37.7 Å². The summed E-state index contributed by atoms with van der Waals surface area (Å²) in [6.45, 7) is 20.7. The molecule has 9 aromatic carbocycles. The van der Waals surface area contributed by atoms with Crippen molar-refractivity contribution >= 4 is 116 Å². The summed E-state index contributed by atoms with van der Waals surface area (Å²) in [4.78, 5) is 28.7. The lowest BCUT2D eigenvalue weighted by molar-refractivity contribution is -0.120. The number of anilines is 6. The van der Waals surface area contributed by atoms with Crippen LogP contribution in [0.4, 0.5) is 34.1 Å². The van der Waals surface area contributed by atoms with Crippen LogP contribution in [0.15, 0.2) is 182 Å². The third kappa shape index (κ3) is 7.71. The zero-order chi connectivity index (χ0) is 53.4. The summed E-state index contributed by atoms with van der Waals surface area (Å²) in [6.07, 6.45) is 0. The van der Waals surface area contributed by atoms with Crippen molar-refractivity contribution in [3.63, 3.8) is 0 Å². The van der Waals surface area contributed by atoms with Gasteiger partial charge in [-0.3, -0.25) is 4.79 Å². The molecule has 1 N–H and O–H groups in total. The van der Waals surface area contributed by atoms with Crippen LogP contribution in [0.25, 0.3) is 22.3 Å². The molecule has 0 bridgehead atoms. The molecule has 0 aliphatic carbocycles. The molecular formula is C68H59B3N2O4. The first-order valence-corrected chi connectivity index (χ1v) is 26.9. The second-order valence-corrected chi connectivity index (χ2v) is 24.6. The Morgan fingerprint density at radius 1 is 0.429 bits per heavy atom. The number of carboxylic acids is 1. The van der Waals surface area contributed by atoms with Gasteiger partial charge < -0.3 is 19.6 Å². The molecule has 0 spiro atoms. The molecule has 4 aliphatic rings. The predicted molar refractivity (Wildman–Crippen MR) is 323 cm³/mol. The van der Waals surface area contributed by atoms with E-state index in [-0.39, 0.29) is 41.9 Å². The maximum atomic E-state index is 12.2. The summed E-state index contributed by atoms with van der Waals surface area (Å²) >= 11 is 0. The summed E-state index contributed by atoms with van der Waals surface area (Å²) in [5, 5.41) is 10.0. The minimum atomic E-state index is -0.941. The van der Waals surface area contributed by atoms with Gasteiger partial charge >= 0.3 is 5.97 Å². The smallest absolute Gasteiger partial charge is 0.335 e. The van der Waals surface area contributed by atoms with Gasteiger partial charge in [0.15, 0.2) is 0 Å². The molecule has 0 saturated heterocycles. The number of hydrogen-bond acceptors (Lipinski definition) is 5. The first-order chi connectivity index (χ1) is 36.9. The van der Waals surface area contributed by atoms with E-state index in [1.807, 2.05) is 36.4 Å². The number of carbonyl (C=O) groups is 2. The third-order valence-electron chi connectivity index (χ3n) is 16.9. The van der Waals surface area contributed by atoms with Gasteiger partial charge in [0, 0.05) is 34.1 Å². The highest BCUT2D eigenvalue weighted by molar-refractivity contribution is 7.05. The average molecular weight is 1000 g/mol. The fourth-order valence-corrected chi connectivity index (χ4v) is 12.9. The van der Waals surface area contributed by atoms with Gasteiger partial charge in [-0.1, -0.05) is 207 Å². The molecule has 9 heteroatoms. The Morgan fingerprint density at radius 2 is 0.883 bits per heavy atom. The molecule has 9 aromatic rings. The Bertz CT molecular complexity index is 3900. The lowest BCUT2D eigenvalue weighted by Gasteiger charge is -2.50. The van der Waals surface area contributed by atoms with Crippen molar-refractivity contribution in [2.24, 2.45) is 0 Å². The normalized spacial score (nSPS) is 13.8. The number of para-hydroxylation sites is 2. The summed E-state index contributed by atoms with van der Waals surface area (Å²) < 4.78 is 5.22. The maximum Gasteiger partial charge on any atom is 0.335 e. The number of aromatic carboxylic acids is 1. The average Bonchev–Trinajstić information content (AvgIpc) is 3.61. The van der Waals surface area contributed by atoms with E-state index in [0.717, 1.165) is 27.9 Å².